The lowest BCUT2D eigenvalue weighted by Crippen LogP contribution is -2.16. The summed E-state index contributed by atoms with van der Waals surface area (Å²) >= 11 is 0. The molecule has 0 nitrogen and oxygen atoms in total. The molecule has 2 unspecified atom stereocenters. The maximum atomic E-state index is 4.65. The van der Waals surface area contributed by atoms with E-state index in [2.05, 4.69) is 120 Å². The summed E-state index contributed by atoms with van der Waals surface area (Å²) in [7, 11) is 0. The molecule has 0 aromatic heterocycles. The summed E-state index contributed by atoms with van der Waals surface area (Å²) in [6.07, 6.45) is 14.7. The van der Waals surface area contributed by atoms with E-state index in [0.29, 0.717) is 5.92 Å². The molecule has 5 rings (SSSR count). The Bertz CT molecular complexity index is 1470. The van der Waals surface area contributed by atoms with E-state index < -0.39 is 0 Å². The zero-order chi connectivity index (χ0) is 27.7. The van der Waals surface area contributed by atoms with Crippen LogP contribution in [0.4, 0.5) is 0 Å². The summed E-state index contributed by atoms with van der Waals surface area (Å²) in [5.41, 5.74) is 17.4. The molecule has 0 heteroatoms. The molecule has 0 heterocycles. The van der Waals surface area contributed by atoms with Crippen LogP contribution >= 0.6 is 0 Å². The minimum Gasteiger partial charge on any atom is -0.0955 e. The van der Waals surface area contributed by atoms with Crippen molar-refractivity contribution in [2.24, 2.45) is 5.92 Å². The van der Waals surface area contributed by atoms with Crippen LogP contribution in [0.1, 0.15) is 81.5 Å². The number of benzene rings is 2. The van der Waals surface area contributed by atoms with Crippen molar-refractivity contribution in [1.29, 1.82) is 0 Å². The van der Waals surface area contributed by atoms with E-state index in [1.165, 1.54) is 66.8 Å². The van der Waals surface area contributed by atoms with Gasteiger partial charge in [0, 0.05) is 11.8 Å². The second-order valence-electron chi connectivity index (χ2n) is 11.5. The van der Waals surface area contributed by atoms with Crippen LogP contribution in [0.3, 0.4) is 0 Å². The van der Waals surface area contributed by atoms with Crippen molar-refractivity contribution in [2.45, 2.75) is 65.7 Å². The van der Waals surface area contributed by atoms with E-state index in [4.69, 9.17) is 0 Å². The summed E-state index contributed by atoms with van der Waals surface area (Å²) in [6.45, 7) is 22.1. The van der Waals surface area contributed by atoms with Gasteiger partial charge in [0.05, 0.1) is 0 Å². The highest BCUT2D eigenvalue weighted by Crippen LogP contribution is 2.52. The summed E-state index contributed by atoms with van der Waals surface area (Å²) < 4.78 is 0. The van der Waals surface area contributed by atoms with E-state index in [0.717, 1.165) is 37.7 Å². The molecule has 0 amide bonds. The molecule has 0 N–H and O–H groups in total. The molecule has 198 valence electrons. The Morgan fingerprint density at radius 3 is 2.31 bits per heavy atom. The molecule has 39 heavy (non-hydrogen) atoms. The van der Waals surface area contributed by atoms with Gasteiger partial charge in [-0.3, -0.25) is 0 Å². The van der Waals surface area contributed by atoms with Crippen LogP contribution in [-0.4, -0.2) is 0 Å². The average molecular weight is 511 g/mol. The highest BCUT2D eigenvalue weighted by atomic mass is 14.4. The number of hydrogen-bond donors (Lipinski definition) is 0. The van der Waals surface area contributed by atoms with Gasteiger partial charge in [0.25, 0.3) is 0 Å². The first-order valence-electron chi connectivity index (χ1n) is 14.5. The van der Waals surface area contributed by atoms with Gasteiger partial charge in [-0.25, -0.2) is 0 Å². The van der Waals surface area contributed by atoms with E-state index in [1.54, 1.807) is 0 Å². The van der Waals surface area contributed by atoms with Crippen molar-refractivity contribution in [1.82, 2.24) is 0 Å². The van der Waals surface area contributed by atoms with Crippen LogP contribution in [0.25, 0.3) is 11.1 Å². The first-order chi connectivity index (χ1) is 18.8. The fourth-order valence-electron chi connectivity index (χ4n) is 6.58. The molecule has 0 bridgehead atoms. The molecule has 0 spiro atoms. The van der Waals surface area contributed by atoms with E-state index >= 15 is 0 Å². The zero-order valence-electron chi connectivity index (χ0n) is 24.2. The predicted octanol–water partition coefficient (Wildman–Crippen LogP) is 10.9. The van der Waals surface area contributed by atoms with Crippen LogP contribution in [0.15, 0.2) is 132 Å². The molecule has 0 saturated heterocycles. The Hall–Kier alpha value is -3.64. The molecule has 3 aliphatic rings. The molecule has 0 radical (unpaired) electrons. The van der Waals surface area contributed by atoms with Gasteiger partial charge in [0.2, 0.25) is 0 Å². The quantitative estimate of drug-likeness (QED) is 0.310. The highest BCUT2D eigenvalue weighted by Gasteiger charge is 2.37. The van der Waals surface area contributed by atoms with E-state index in [-0.39, 0.29) is 5.92 Å². The minimum atomic E-state index is 0.273. The Morgan fingerprint density at radius 1 is 0.949 bits per heavy atom. The van der Waals surface area contributed by atoms with Crippen LogP contribution in [0, 0.1) is 5.92 Å². The number of fused-ring (bicyclic) bond motifs is 1. The average Bonchev–Trinajstić information content (AvgIpc) is 3.53. The molecule has 1 saturated carbocycles. The van der Waals surface area contributed by atoms with Gasteiger partial charge >= 0.3 is 0 Å². The topological polar surface area (TPSA) is 0 Å². The van der Waals surface area contributed by atoms with E-state index in [9.17, 15) is 0 Å². The van der Waals surface area contributed by atoms with Crippen LogP contribution in [-0.2, 0) is 6.42 Å². The molecule has 1 fully saturated rings. The lowest BCUT2D eigenvalue weighted by atomic mass is 9.72. The summed E-state index contributed by atoms with van der Waals surface area (Å²) in [4.78, 5) is 0. The van der Waals surface area contributed by atoms with Crippen molar-refractivity contribution in [3.63, 3.8) is 0 Å². The molecule has 3 aliphatic carbocycles. The Labute approximate surface area is 236 Å². The first kappa shape index (κ1) is 26.9. The Balaban J connectivity index is 1.41. The minimum absolute atomic E-state index is 0.273. The molecule has 0 aliphatic heterocycles. The number of rotatable bonds is 8. The molecule has 2 aromatic carbocycles. The third-order valence-electron chi connectivity index (χ3n) is 8.76. The van der Waals surface area contributed by atoms with Gasteiger partial charge in [-0.2, -0.15) is 0 Å². The Morgan fingerprint density at radius 2 is 1.67 bits per heavy atom. The van der Waals surface area contributed by atoms with Crippen LogP contribution < -0.4 is 0 Å². The highest BCUT2D eigenvalue weighted by molar-refractivity contribution is 5.75. The van der Waals surface area contributed by atoms with E-state index in [1.807, 2.05) is 0 Å². The van der Waals surface area contributed by atoms with Crippen molar-refractivity contribution in [3.05, 3.63) is 154 Å². The third-order valence-corrected chi connectivity index (χ3v) is 8.76. The summed E-state index contributed by atoms with van der Waals surface area (Å²) in [5, 5.41) is 0. The molecule has 2 atom stereocenters. The fraction of sp³-hybridized carbons (Fsp3) is 0.282. The van der Waals surface area contributed by atoms with Gasteiger partial charge in [0.15, 0.2) is 0 Å². The smallest absolute Gasteiger partial charge is 0.0274 e. The largest absolute Gasteiger partial charge is 0.0955 e. The summed E-state index contributed by atoms with van der Waals surface area (Å²) in [5.74, 6) is 0.574. The van der Waals surface area contributed by atoms with Crippen LogP contribution in [0.2, 0.25) is 0 Å². The van der Waals surface area contributed by atoms with Gasteiger partial charge in [-0.15, -0.1) is 0 Å². The van der Waals surface area contributed by atoms with Gasteiger partial charge in [-0.05, 0) is 89.7 Å². The molecule has 2 aromatic rings. The second-order valence-corrected chi connectivity index (χ2v) is 11.5. The van der Waals surface area contributed by atoms with Crippen molar-refractivity contribution in [2.75, 3.05) is 0 Å². The van der Waals surface area contributed by atoms with Gasteiger partial charge < -0.3 is 0 Å². The number of allylic oxidation sites excluding steroid dienone is 13. The lowest BCUT2D eigenvalue weighted by molar-refractivity contribution is 0.771. The lowest BCUT2D eigenvalue weighted by Gasteiger charge is -2.32. The van der Waals surface area contributed by atoms with Crippen molar-refractivity contribution in [3.8, 4) is 0 Å². The van der Waals surface area contributed by atoms with Crippen LogP contribution in [0.5, 0.6) is 0 Å². The number of aryl methyl sites for hydroxylation is 1. The zero-order valence-corrected chi connectivity index (χ0v) is 24.2. The monoisotopic (exact) mass is 510 g/mol. The molecular formula is C39H42. The SMILES string of the molecule is C=C(CCC)C1=C(C)C2C(=C)/C(=C/C3=CC=C(c4ccc(C(=C)C)cc4)C3)CC2=CC1c1ccc(CC)cc1. The number of hydrogen-bond acceptors (Lipinski definition) is 0. The summed E-state index contributed by atoms with van der Waals surface area (Å²) in [6, 6.07) is 18.0. The molecular weight excluding hydrogens is 468 g/mol. The third kappa shape index (κ3) is 5.30. The van der Waals surface area contributed by atoms with Crippen molar-refractivity contribution >= 4 is 11.1 Å². The van der Waals surface area contributed by atoms with Crippen molar-refractivity contribution < 1.29 is 0 Å². The fourth-order valence-corrected chi connectivity index (χ4v) is 6.58. The normalized spacial score (nSPS) is 21.6. The second kappa shape index (κ2) is 11.2. The van der Waals surface area contributed by atoms with Gasteiger partial charge in [-0.1, -0.05) is 135 Å². The maximum absolute atomic E-state index is 4.65. The predicted molar refractivity (Wildman–Crippen MR) is 171 cm³/mol. The standard InChI is InChI=1S/C39H42/c1-8-10-26(5)38-28(7)39-27(6)35(23-36(39)24-37(38)33-14-11-29(9-2)12-15-33)22-30-13-16-34(21-30)32-19-17-31(18-20-32)25(3)4/h11-20,22,24,37,39H,3,5-6,8-10,21,23H2,1-2,4,7H3/b35-22+. The Kier molecular flexibility index (Phi) is 7.76. The maximum Gasteiger partial charge on any atom is 0.0274 e. The first-order valence-corrected chi connectivity index (χ1v) is 14.5. The van der Waals surface area contributed by atoms with Gasteiger partial charge in [0.1, 0.15) is 0 Å².